The Kier molecular flexibility index (Phi) is 6.81. The summed E-state index contributed by atoms with van der Waals surface area (Å²) < 4.78 is 1.91. The topological polar surface area (TPSA) is 53.7 Å². The molecule has 1 saturated carbocycles. The third-order valence-corrected chi connectivity index (χ3v) is 8.26. The van der Waals surface area contributed by atoms with Crippen molar-refractivity contribution in [2.75, 3.05) is 24.5 Å². The van der Waals surface area contributed by atoms with Crippen molar-refractivity contribution in [3.8, 4) is 0 Å². The van der Waals surface area contributed by atoms with Crippen LogP contribution in [0, 0.1) is 18.8 Å². The summed E-state index contributed by atoms with van der Waals surface area (Å²) in [6.45, 7) is 15.5. The van der Waals surface area contributed by atoms with E-state index in [1.807, 2.05) is 10.6 Å². The van der Waals surface area contributed by atoms with Crippen molar-refractivity contribution in [1.82, 2.24) is 19.5 Å². The molecule has 3 atom stereocenters. The minimum atomic E-state index is -0.125. The highest BCUT2D eigenvalue weighted by molar-refractivity contribution is 5.84. The Balaban J connectivity index is 1.43. The lowest BCUT2D eigenvalue weighted by atomic mass is 9.79. The summed E-state index contributed by atoms with van der Waals surface area (Å²) in [4.78, 5) is 23.4. The Labute approximate surface area is 209 Å². The van der Waals surface area contributed by atoms with E-state index in [1.54, 1.807) is 6.08 Å². The van der Waals surface area contributed by atoms with E-state index in [1.165, 1.54) is 12.8 Å². The predicted octanol–water partition coefficient (Wildman–Crippen LogP) is 5.80. The van der Waals surface area contributed by atoms with Crippen LogP contribution in [0.25, 0.3) is 5.65 Å². The molecule has 0 radical (unpaired) electrons. The second-order valence-corrected chi connectivity index (χ2v) is 10.6. The van der Waals surface area contributed by atoms with Gasteiger partial charge in [0.15, 0.2) is 5.65 Å². The molecular weight excluding hydrogens is 434 g/mol. The molecule has 0 aromatic carbocycles. The van der Waals surface area contributed by atoms with Gasteiger partial charge in [0.1, 0.15) is 5.82 Å². The van der Waals surface area contributed by atoms with Crippen molar-refractivity contribution >= 4 is 17.4 Å². The van der Waals surface area contributed by atoms with Crippen LogP contribution in [0.5, 0.6) is 0 Å². The van der Waals surface area contributed by atoms with Gasteiger partial charge in [0.05, 0.1) is 17.7 Å². The number of piperidine rings is 1. The van der Waals surface area contributed by atoms with Gasteiger partial charge >= 0.3 is 0 Å². The summed E-state index contributed by atoms with van der Waals surface area (Å²) in [5, 5.41) is 4.94. The molecule has 1 unspecified atom stereocenters. The normalized spacial score (nSPS) is 26.6. The molecule has 3 fully saturated rings. The van der Waals surface area contributed by atoms with Crippen molar-refractivity contribution in [2.24, 2.45) is 11.8 Å². The van der Waals surface area contributed by atoms with Crippen molar-refractivity contribution in [3.63, 3.8) is 0 Å². The average Bonchev–Trinajstić information content (AvgIpc) is 3.51. The molecule has 5 rings (SSSR count). The first-order valence-electron chi connectivity index (χ1n) is 13.4. The zero-order valence-corrected chi connectivity index (χ0v) is 21.4. The Morgan fingerprint density at radius 1 is 1.20 bits per heavy atom. The van der Waals surface area contributed by atoms with Crippen LogP contribution in [0.2, 0.25) is 0 Å². The standard InChI is InChI=1S/C29H39N5O/c1-5-10-23-20(3)11-9-12-24(23)29(35)33-15-8-7-13-26(33)25-17-27-30-28(21(4)18-34(27)31-25)32-16-14-22(6-2)19-32/h5,10,17-18,22,24,26H,1,3,6-9,11-16,19H2,2,4H3/b23-10+/t22-,24?,26-/m0/s1. The molecule has 4 heterocycles. The molecule has 1 amide bonds. The summed E-state index contributed by atoms with van der Waals surface area (Å²) in [5.41, 5.74) is 5.12. The van der Waals surface area contributed by atoms with Gasteiger partial charge in [-0.1, -0.05) is 44.2 Å². The fourth-order valence-corrected chi connectivity index (χ4v) is 6.25. The quantitative estimate of drug-likeness (QED) is 0.551. The van der Waals surface area contributed by atoms with E-state index in [-0.39, 0.29) is 17.9 Å². The third-order valence-electron chi connectivity index (χ3n) is 8.26. The van der Waals surface area contributed by atoms with E-state index in [0.29, 0.717) is 0 Å². The molecule has 0 N–H and O–H groups in total. The van der Waals surface area contributed by atoms with Crippen molar-refractivity contribution < 1.29 is 4.79 Å². The molecule has 35 heavy (non-hydrogen) atoms. The molecule has 2 aliphatic heterocycles. The van der Waals surface area contributed by atoms with Gasteiger partial charge < -0.3 is 9.80 Å². The van der Waals surface area contributed by atoms with E-state index in [9.17, 15) is 4.79 Å². The van der Waals surface area contributed by atoms with Crippen LogP contribution in [-0.4, -0.2) is 45.0 Å². The Bertz CT molecular complexity index is 1160. The van der Waals surface area contributed by atoms with Gasteiger partial charge in [0, 0.05) is 37.5 Å². The Morgan fingerprint density at radius 3 is 2.83 bits per heavy atom. The molecule has 2 aromatic heterocycles. The maximum Gasteiger partial charge on any atom is 0.230 e. The predicted molar refractivity (Wildman–Crippen MR) is 141 cm³/mol. The fraction of sp³-hybridized carbons (Fsp3) is 0.552. The first-order chi connectivity index (χ1) is 17.0. The lowest BCUT2D eigenvalue weighted by molar-refractivity contribution is -0.138. The number of hydrogen-bond donors (Lipinski definition) is 0. The summed E-state index contributed by atoms with van der Waals surface area (Å²) in [6, 6.07) is 2.10. The lowest BCUT2D eigenvalue weighted by Gasteiger charge is -2.39. The number of rotatable bonds is 5. The van der Waals surface area contributed by atoms with Gasteiger partial charge in [0.2, 0.25) is 5.91 Å². The molecule has 186 valence electrons. The number of aryl methyl sites for hydroxylation is 1. The zero-order chi connectivity index (χ0) is 24.5. The van der Waals surface area contributed by atoms with E-state index in [2.05, 4.69) is 49.1 Å². The SMILES string of the molecule is C=C/C=C1\C(=C)CCCC1C(=O)N1CCCC[C@H]1c1cc2nc(N3CC[C@H](CC)C3)c(C)cn2n1. The van der Waals surface area contributed by atoms with Crippen LogP contribution < -0.4 is 4.90 Å². The number of nitrogens with zero attached hydrogens (tertiary/aromatic N) is 5. The number of hydrogen-bond acceptors (Lipinski definition) is 4. The zero-order valence-electron chi connectivity index (χ0n) is 21.4. The number of amides is 1. The van der Waals surface area contributed by atoms with Crippen LogP contribution in [0.4, 0.5) is 5.82 Å². The summed E-state index contributed by atoms with van der Waals surface area (Å²) in [7, 11) is 0. The molecule has 2 saturated heterocycles. The number of carbonyl (C=O) groups is 1. The minimum Gasteiger partial charge on any atom is -0.356 e. The molecule has 6 nitrogen and oxygen atoms in total. The second kappa shape index (κ2) is 10.00. The first kappa shape index (κ1) is 23.8. The second-order valence-electron chi connectivity index (χ2n) is 10.6. The Hall–Kier alpha value is -2.89. The maximum atomic E-state index is 13.9. The van der Waals surface area contributed by atoms with E-state index >= 15 is 0 Å². The van der Waals surface area contributed by atoms with Crippen molar-refractivity contribution in [2.45, 2.75) is 71.3 Å². The molecular formula is C29H39N5O. The lowest BCUT2D eigenvalue weighted by Crippen LogP contribution is -2.43. The maximum absolute atomic E-state index is 13.9. The van der Waals surface area contributed by atoms with Gasteiger partial charge in [-0.05, 0) is 63.4 Å². The van der Waals surface area contributed by atoms with Gasteiger partial charge in [-0.25, -0.2) is 9.50 Å². The summed E-state index contributed by atoms with van der Waals surface area (Å²) >= 11 is 0. The molecule has 2 aromatic rings. The summed E-state index contributed by atoms with van der Waals surface area (Å²) in [5.74, 6) is 1.93. The average molecular weight is 474 g/mol. The number of carbonyl (C=O) groups excluding carboxylic acids is 1. The van der Waals surface area contributed by atoms with Crippen molar-refractivity contribution in [1.29, 1.82) is 0 Å². The number of anilines is 1. The number of allylic oxidation sites excluding steroid dienone is 3. The highest BCUT2D eigenvalue weighted by Gasteiger charge is 2.37. The van der Waals surface area contributed by atoms with Gasteiger partial charge in [-0.15, -0.1) is 0 Å². The number of fused-ring (bicyclic) bond motifs is 1. The molecule has 3 aliphatic rings. The van der Waals surface area contributed by atoms with Gasteiger partial charge in [-0.2, -0.15) is 5.10 Å². The number of likely N-dealkylation sites (tertiary alicyclic amines) is 1. The molecule has 0 bridgehead atoms. The van der Waals surface area contributed by atoms with Gasteiger partial charge in [0.25, 0.3) is 0 Å². The largest absolute Gasteiger partial charge is 0.356 e. The highest BCUT2D eigenvalue weighted by atomic mass is 16.2. The third kappa shape index (κ3) is 4.55. The molecule has 0 spiro atoms. The smallest absolute Gasteiger partial charge is 0.230 e. The number of aromatic nitrogens is 3. The Morgan fingerprint density at radius 2 is 2.06 bits per heavy atom. The van der Waals surface area contributed by atoms with Crippen LogP contribution in [0.1, 0.15) is 75.6 Å². The van der Waals surface area contributed by atoms with E-state index in [0.717, 1.165) is 97.9 Å². The molecule has 1 aliphatic carbocycles. The van der Waals surface area contributed by atoms with E-state index in [4.69, 9.17) is 10.1 Å². The monoisotopic (exact) mass is 473 g/mol. The fourth-order valence-electron chi connectivity index (χ4n) is 6.25. The van der Waals surface area contributed by atoms with Gasteiger partial charge in [-0.3, -0.25) is 4.79 Å². The first-order valence-corrected chi connectivity index (χ1v) is 13.4. The van der Waals surface area contributed by atoms with Crippen LogP contribution >= 0.6 is 0 Å². The highest BCUT2D eigenvalue weighted by Crippen LogP contribution is 2.38. The minimum absolute atomic E-state index is 0.00172. The van der Waals surface area contributed by atoms with Crippen LogP contribution in [0.15, 0.2) is 48.7 Å². The summed E-state index contributed by atoms with van der Waals surface area (Å²) in [6.07, 6.45) is 14.3. The van der Waals surface area contributed by atoms with Crippen molar-refractivity contribution in [3.05, 3.63) is 60.0 Å². The molecule has 6 heteroatoms. The van der Waals surface area contributed by atoms with E-state index < -0.39 is 0 Å². The van der Waals surface area contributed by atoms with Crippen LogP contribution in [0.3, 0.4) is 0 Å². The van der Waals surface area contributed by atoms with Crippen LogP contribution in [-0.2, 0) is 4.79 Å².